The van der Waals surface area contributed by atoms with Gasteiger partial charge in [-0.2, -0.15) is 0 Å². The molecule has 5 heteroatoms. The third kappa shape index (κ3) is 5.85. The largest absolute Gasteiger partial charge is 0.354 e. The zero-order valence-corrected chi connectivity index (χ0v) is 15.4. The zero-order valence-electron chi connectivity index (χ0n) is 15.4. The molecule has 134 valence electrons. The maximum atomic E-state index is 12.8. The van der Waals surface area contributed by atoms with E-state index in [9.17, 15) is 4.79 Å². The number of nitrogens with zero attached hydrogens (tertiary/aromatic N) is 3. The molecule has 0 spiro atoms. The second-order valence-electron chi connectivity index (χ2n) is 6.44. The minimum atomic E-state index is -0.0450. The van der Waals surface area contributed by atoms with Gasteiger partial charge in [0.25, 0.3) is 5.91 Å². The Bertz CT molecular complexity index is 641. The number of nitrogens with one attached hydrogen (secondary N) is 1. The summed E-state index contributed by atoms with van der Waals surface area (Å²) in [5.74, 6) is 0.531. The van der Waals surface area contributed by atoms with Crippen LogP contribution in [0.4, 0.5) is 5.95 Å². The van der Waals surface area contributed by atoms with Crippen molar-refractivity contribution < 1.29 is 4.79 Å². The van der Waals surface area contributed by atoms with Crippen LogP contribution in [0.5, 0.6) is 0 Å². The van der Waals surface area contributed by atoms with Crippen LogP contribution in [0.1, 0.15) is 56.0 Å². The van der Waals surface area contributed by atoms with E-state index in [4.69, 9.17) is 0 Å². The molecule has 5 nitrogen and oxygen atoms in total. The highest BCUT2D eigenvalue weighted by Gasteiger charge is 2.19. The number of carbonyl (C=O) groups excluding carboxylic acids is 1. The molecule has 0 saturated carbocycles. The van der Waals surface area contributed by atoms with Gasteiger partial charge >= 0.3 is 0 Å². The molecule has 25 heavy (non-hydrogen) atoms. The Morgan fingerprint density at radius 3 is 2.40 bits per heavy atom. The molecule has 1 aromatic carbocycles. The molecular weight excluding hydrogens is 312 g/mol. The van der Waals surface area contributed by atoms with Gasteiger partial charge in [0.2, 0.25) is 5.95 Å². The Balaban J connectivity index is 2.01. The Morgan fingerprint density at radius 1 is 1.12 bits per heavy atom. The number of carbonyl (C=O) groups is 1. The summed E-state index contributed by atoms with van der Waals surface area (Å²) in [5, 5.41) is 3.19. The summed E-state index contributed by atoms with van der Waals surface area (Å²) in [6.45, 7) is 7.64. The minimum absolute atomic E-state index is 0.0450. The van der Waals surface area contributed by atoms with E-state index in [-0.39, 0.29) is 11.9 Å². The molecule has 0 fully saturated rings. The first kappa shape index (κ1) is 18.9. The van der Waals surface area contributed by atoms with Crippen LogP contribution in [0.15, 0.2) is 42.7 Å². The summed E-state index contributed by atoms with van der Waals surface area (Å²) >= 11 is 0. The molecule has 0 radical (unpaired) electrons. The van der Waals surface area contributed by atoms with Crippen molar-refractivity contribution in [1.29, 1.82) is 0 Å². The van der Waals surface area contributed by atoms with Crippen LogP contribution in [0.25, 0.3) is 0 Å². The lowest BCUT2D eigenvalue weighted by Gasteiger charge is -2.26. The minimum Gasteiger partial charge on any atom is -0.354 e. The average molecular weight is 340 g/mol. The van der Waals surface area contributed by atoms with Crippen LogP contribution in [-0.4, -0.2) is 33.4 Å². The number of benzene rings is 1. The van der Waals surface area contributed by atoms with Gasteiger partial charge in [0, 0.05) is 31.5 Å². The molecule has 0 aliphatic carbocycles. The molecule has 2 aromatic rings. The number of amides is 1. The highest BCUT2D eigenvalue weighted by atomic mass is 16.2. The lowest BCUT2D eigenvalue weighted by molar-refractivity contribution is 0.0689. The van der Waals surface area contributed by atoms with Crippen molar-refractivity contribution in [1.82, 2.24) is 14.9 Å². The Kier molecular flexibility index (Phi) is 7.38. The van der Waals surface area contributed by atoms with E-state index < -0.39 is 0 Å². The molecule has 1 amide bonds. The number of anilines is 1. The van der Waals surface area contributed by atoms with E-state index in [1.54, 1.807) is 12.4 Å². The Hall–Kier alpha value is -2.43. The predicted octanol–water partition coefficient (Wildman–Crippen LogP) is 4.13. The molecule has 2 rings (SSSR count). The van der Waals surface area contributed by atoms with Gasteiger partial charge in [-0.05, 0) is 25.8 Å². The maximum absolute atomic E-state index is 12.8. The van der Waals surface area contributed by atoms with Crippen molar-refractivity contribution in [3.8, 4) is 0 Å². The number of hydrogen-bond donors (Lipinski definition) is 1. The fourth-order valence-electron chi connectivity index (χ4n) is 2.54. The van der Waals surface area contributed by atoms with Crippen LogP contribution in [0.2, 0.25) is 0 Å². The normalized spacial score (nSPS) is 10.7. The van der Waals surface area contributed by atoms with Gasteiger partial charge in [-0.1, -0.05) is 50.1 Å². The average Bonchev–Trinajstić information content (AvgIpc) is 2.64. The number of rotatable bonds is 9. The smallest absolute Gasteiger partial charge is 0.257 e. The number of aromatic nitrogens is 2. The van der Waals surface area contributed by atoms with Gasteiger partial charge in [0.15, 0.2) is 0 Å². The zero-order chi connectivity index (χ0) is 18.1. The van der Waals surface area contributed by atoms with Crippen LogP contribution in [0.3, 0.4) is 0 Å². The summed E-state index contributed by atoms with van der Waals surface area (Å²) in [4.78, 5) is 23.2. The van der Waals surface area contributed by atoms with Crippen molar-refractivity contribution in [2.24, 2.45) is 0 Å². The molecule has 0 unspecified atom stereocenters. The van der Waals surface area contributed by atoms with Crippen LogP contribution >= 0.6 is 0 Å². The SMILES string of the molecule is CCCCCNc1ncc(C(=O)N(Cc2ccccc2)C(C)C)cn1. The van der Waals surface area contributed by atoms with Gasteiger partial charge in [-0.25, -0.2) is 9.97 Å². The number of unbranched alkanes of at least 4 members (excludes halogenated alkanes) is 2. The van der Waals surface area contributed by atoms with Gasteiger partial charge < -0.3 is 10.2 Å². The van der Waals surface area contributed by atoms with E-state index in [0.717, 1.165) is 18.5 Å². The van der Waals surface area contributed by atoms with E-state index in [1.165, 1.54) is 12.8 Å². The molecule has 1 aromatic heterocycles. The van der Waals surface area contributed by atoms with Gasteiger partial charge in [0.1, 0.15) is 0 Å². The predicted molar refractivity (Wildman–Crippen MR) is 101 cm³/mol. The second kappa shape index (κ2) is 9.77. The first-order valence-corrected chi connectivity index (χ1v) is 9.02. The van der Waals surface area contributed by atoms with E-state index in [2.05, 4.69) is 22.2 Å². The maximum Gasteiger partial charge on any atom is 0.257 e. The van der Waals surface area contributed by atoms with Gasteiger partial charge in [-0.3, -0.25) is 4.79 Å². The molecule has 0 aliphatic heterocycles. The van der Waals surface area contributed by atoms with Crippen molar-refractivity contribution in [2.75, 3.05) is 11.9 Å². The number of hydrogen-bond acceptors (Lipinski definition) is 4. The summed E-state index contributed by atoms with van der Waals surface area (Å²) in [6, 6.07) is 10.1. The van der Waals surface area contributed by atoms with Crippen LogP contribution in [-0.2, 0) is 6.54 Å². The van der Waals surface area contributed by atoms with Gasteiger partial charge in [-0.15, -0.1) is 0 Å². The molecule has 0 saturated heterocycles. The van der Waals surface area contributed by atoms with E-state index in [0.29, 0.717) is 18.1 Å². The van der Waals surface area contributed by atoms with E-state index >= 15 is 0 Å². The fraction of sp³-hybridized carbons (Fsp3) is 0.450. The van der Waals surface area contributed by atoms with Crippen LogP contribution in [0, 0.1) is 0 Å². The van der Waals surface area contributed by atoms with Crippen molar-refractivity contribution in [3.05, 3.63) is 53.9 Å². The Morgan fingerprint density at radius 2 is 1.80 bits per heavy atom. The summed E-state index contributed by atoms with van der Waals surface area (Å²) in [5.41, 5.74) is 1.63. The fourth-order valence-corrected chi connectivity index (χ4v) is 2.54. The second-order valence-corrected chi connectivity index (χ2v) is 6.44. The quantitative estimate of drug-likeness (QED) is 0.697. The Labute approximate surface area is 150 Å². The molecule has 0 bridgehead atoms. The van der Waals surface area contributed by atoms with Crippen molar-refractivity contribution >= 4 is 11.9 Å². The van der Waals surface area contributed by atoms with Crippen LogP contribution < -0.4 is 5.32 Å². The lowest BCUT2D eigenvalue weighted by Crippen LogP contribution is -2.36. The monoisotopic (exact) mass is 340 g/mol. The summed E-state index contributed by atoms with van der Waals surface area (Å²) in [7, 11) is 0. The first-order valence-electron chi connectivity index (χ1n) is 9.02. The van der Waals surface area contributed by atoms with Crippen molar-refractivity contribution in [3.63, 3.8) is 0 Å². The highest BCUT2D eigenvalue weighted by molar-refractivity contribution is 5.93. The third-order valence-electron chi connectivity index (χ3n) is 4.04. The molecule has 0 atom stereocenters. The molecule has 1 N–H and O–H groups in total. The summed E-state index contributed by atoms with van der Waals surface area (Å²) in [6.07, 6.45) is 6.68. The van der Waals surface area contributed by atoms with Crippen molar-refractivity contribution in [2.45, 2.75) is 52.6 Å². The molecular formula is C20H28N4O. The molecule has 0 aliphatic rings. The highest BCUT2D eigenvalue weighted by Crippen LogP contribution is 2.13. The first-order chi connectivity index (χ1) is 12.1. The molecule has 1 heterocycles. The lowest BCUT2D eigenvalue weighted by atomic mass is 10.1. The standard InChI is InChI=1S/C20H28N4O/c1-4-5-9-12-21-20-22-13-18(14-23-20)19(25)24(16(2)3)15-17-10-7-6-8-11-17/h6-8,10-11,13-14,16H,4-5,9,12,15H2,1-3H3,(H,21,22,23). The van der Waals surface area contributed by atoms with Gasteiger partial charge in [0.05, 0.1) is 5.56 Å². The topological polar surface area (TPSA) is 58.1 Å². The van der Waals surface area contributed by atoms with E-state index in [1.807, 2.05) is 49.1 Å². The third-order valence-corrected chi connectivity index (χ3v) is 4.04. The summed E-state index contributed by atoms with van der Waals surface area (Å²) < 4.78 is 0.